The number of carboxylic acids is 1. The Balaban J connectivity index is 1.66. The molecular weight excluding hydrogens is 282 g/mol. The van der Waals surface area contributed by atoms with Crippen LogP contribution in [0.5, 0.6) is 0 Å². The van der Waals surface area contributed by atoms with Crippen LogP contribution in [0.1, 0.15) is 42.6 Å². The minimum atomic E-state index is -0.829. The highest BCUT2D eigenvalue weighted by molar-refractivity contribution is 5.66. The fraction of sp³-hybridized carbons (Fsp3) is 0.438. The van der Waals surface area contributed by atoms with Crippen molar-refractivity contribution in [3.8, 4) is 0 Å². The molecule has 0 saturated heterocycles. The number of benzene rings is 1. The van der Waals surface area contributed by atoms with Gasteiger partial charge in [-0.25, -0.2) is 9.67 Å². The lowest BCUT2D eigenvalue weighted by molar-refractivity contribution is -0.137. The summed E-state index contributed by atoms with van der Waals surface area (Å²) in [5.74, 6) is 0.583. The van der Waals surface area contributed by atoms with E-state index in [0.717, 1.165) is 30.8 Å². The molecule has 0 aliphatic carbocycles. The number of hydrogen-bond acceptors (Lipinski definition) is 4. The molecule has 0 bridgehead atoms. The first kappa shape index (κ1) is 14.7. The number of ether oxygens (including phenoxy) is 1. The maximum atomic E-state index is 10.7. The molecule has 1 aromatic heterocycles. The maximum absolute atomic E-state index is 10.7. The Bertz CT molecular complexity index is 639. The van der Waals surface area contributed by atoms with Crippen LogP contribution >= 0.6 is 0 Å². The fourth-order valence-corrected chi connectivity index (χ4v) is 2.61. The number of carboxylic acid groups (broad SMARTS) is 1. The Labute approximate surface area is 128 Å². The number of carbonyl (C=O) groups is 1. The lowest BCUT2D eigenvalue weighted by Gasteiger charge is -2.22. The van der Waals surface area contributed by atoms with E-state index < -0.39 is 5.97 Å². The standard InChI is InChI=1S/C16H19N3O3/c20-15(21)9-8-14-17-16-13(7-4-10-19(16)18-14)22-11-12-5-2-1-3-6-12/h1-3,5-6,13H,4,7-11H2,(H,20,21). The first-order valence-electron chi connectivity index (χ1n) is 7.53. The summed E-state index contributed by atoms with van der Waals surface area (Å²) in [4.78, 5) is 15.1. The maximum Gasteiger partial charge on any atom is 0.303 e. The number of aromatic nitrogens is 3. The van der Waals surface area contributed by atoms with E-state index in [2.05, 4.69) is 10.1 Å². The van der Waals surface area contributed by atoms with Gasteiger partial charge in [0, 0.05) is 13.0 Å². The Morgan fingerprint density at radius 2 is 2.18 bits per heavy atom. The van der Waals surface area contributed by atoms with E-state index in [1.807, 2.05) is 35.0 Å². The predicted octanol–water partition coefficient (Wildman–Crippen LogP) is 2.35. The SMILES string of the molecule is O=C(O)CCc1nc2n(n1)CCCC2OCc1ccccc1. The Morgan fingerprint density at radius 1 is 1.36 bits per heavy atom. The second-order valence-electron chi connectivity index (χ2n) is 5.43. The van der Waals surface area contributed by atoms with E-state index in [1.54, 1.807) is 0 Å². The smallest absolute Gasteiger partial charge is 0.303 e. The van der Waals surface area contributed by atoms with Crippen LogP contribution in [-0.2, 0) is 29.1 Å². The number of rotatable bonds is 6. The van der Waals surface area contributed by atoms with E-state index in [-0.39, 0.29) is 12.5 Å². The molecule has 1 atom stereocenters. The van der Waals surface area contributed by atoms with Gasteiger partial charge >= 0.3 is 5.97 Å². The van der Waals surface area contributed by atoms with E-state index in [1.165, 1.54) is 0 Å². The van der Waals surface area contributed by atoms with Gasteiger partial charge in [-0.2, -0.15) is 5.10 Å². The fourth-order valence-electron chi connectivity index (χ4n) is 2.61. The number of aryl methyl sites for hydroxylation is 2. The molecule has 1 unspecified atom stereocenters. The summed E-state index contributed by atoms with van der Waals surface area (Å²) < 4.78 is 7.85. The molecule has 0 spiro atoms. The van der Waals surface area contributed by atoms with E-state index in [4.69, 9.17) is 9.84 Å². The van der Waals surface area contributed by atoms with Gasteiger partial charge in [0.05, 0.1) is 13.0 Å². The van der Waals surface area contributed by atoms with Crippen molar-refractivity contribution in [3.63, 3.8) is 0 Å². The van der Waals surface area contributed by atoms with Crippen LogP contribution in [0.2, 0.25) is 0 Å². The van der Waals surface area contributed by atoms with Gasteiger partial charge in [0.2, 0.25) is 0 Å². The van der Waals surface area contributed by atoms with Crippen LogP contribution < -0.4 is 0 Å². The lowest BCUT2D eigenvalue weighted by atomic mass is 10.1. The molecule has 1 aromatic carbocycles. The van der Waals surface area contributed by atoms with Crippen molar-refractivity contribution in [3.05, 3.63) is 47.5 Å². The molecule has 22 heavy (non-hydrogen) atoms. The minimum Gasteiger partial charge on any atom is -0.481 e. The van der Waals surface area contributed by atoms with Crippen molar-refractivity contribution in [2.24, 2.45) is 0 Å². The topological polar surface area (TPSA) is 77.2 Å². The summed E-state index contributed by atoms with van der Waals surface area (Å²) in [6, 6.07) is 10.0. The second kappa shape index (κ2) is 6.70. The molecule has 1 aliphatic rings. The molecule has 6 nitrogen and oxygen atoms in total. The van der Waals surface area contributed by atoms with E-state index >= 15 is 0 Å². The monoisotopic (exact) mass is 301 g/mol. The molecule has 1 aliphatic heterocycles. The van der Waals surface area contributed by atoms with Crippen molar-refractivity contribution in [1.29, 1.82) is 0 Å². The zero-order chi connectivity index (χ0) is 15.4. The number of hydrogen-bond donors (Lipinski definition) is 1. The third-order valence-electron chi connectivity index (χ3n) is 3.72. The van der Waals surface area contributed by atoms with Crippen LogP contribution in [0.3, 0.4) is 0 Å². The zero-order valence-corrected chi connectivity index (χ0v) is 12.3. The van der Waals surface area contributed by atoms with Gasteiger partial charge in [0.1, 0.15) is 6.10 Å². The molecule has 2 aromatic rings. The highest BCUT2D eigenvalue weighted by Gasteiger charge is 2.25. The molecule has 0 saturated carbocycles. The molecule has 6 heteroatoms. The minimum absolute atomic E-state index is 0.0546. The predicted molar refractivity (Wildman–Crippen MR) is 79.2 cm³/mol. The van der Waals surface area contributed by atoms with Crippen LogP contribution in [0.25, 0.3) is 0 Å². The van der Waals surface area contributed by atoms with Crippen LogP contribution in [0.4, 0.5) is 0 Å². The van der Waals surface area contributed by atoms with Gasteiger partial charge < -0.3 is 9.84 Å². The van der Waals surface area contributed by atoms with Gasteiger partial charge in [-0.1, -0.05) is 30.3 Å². The first-order chi connectivity index (χ1) is 10.7. The van der Waals surface area contributed by atoms with Gasteiger partial charge in [0.15, 0.2) is 11.6 Å². The number of aliphatic carboxylic acids is 1. The number of fused-ring (bicyclic) bond motifs is 1. The third-order valence-corrected chi connectivity index (χ3v) is 3.72. The van der Waals surface area contributed by atoms with Gasteiger partial charge in [-0.3, -0.25) is 4.79 Å². The van der Waals surface area contributed by atoms with Crippen molar-refractivity contribution >= 4 is 5.97 Å². The third kappa shape index (κ3) is 3.51. The summed E-state index contributed by atoms with van der Waals surface area (Å²) in [5, 5.41) is 13.1. The lowest BCUT2D eigenvalue weighted by Crippen LogP contribution is -2.19. The highest BCUT2D eigenvalue weighted by atomic mass is 16.5. The molecule has 2 heterocycles. The molecule has 116 valence electrons. The Hall–Kier alpha value is -2.21. The van der Waals surface area contributed by atoms with Gasteiger partial charge in [0.25, 0.3) is 0 Å². The van der Waals surface area contributed by atoms with Crippen LogP contribution in [0.15, 0.2) is 30.3 Å². The Morgan fingerprint density at radius 3 is 2.95 bits per heavy atom. The van der Waals surface area contributed by atoms with E-state index in [9.17, 15) is 4.79 Å². The van der Waals surface area contributed by atoms with E-state index in [0.29, 0.717) is 18.9 Å². The largest absolute Gasteiger partial charge is 0.481 e. The van der Waals surface area contributed by atoms with Crippen molar-refractivity contribution < 1.29 is 14.6 Å². The molecule has 0 amide bonds. The summed E-state index contributed by atoms with van der Waals surface area (Å²) >= 11 is 0. The van der Waals surface area contributed by atoms with Gasteiger partial charge in [-0.15, -0.1) is 0 Å². The molecule has 1 N–H and O–H groups in total. The van der Waals surface area contributed by atoms with Crippen molar-refractivity contribution in [2.75, 3.05) is 0 Å². The van der Waals surface area contributed by atoms with Gasteiger partial charge in [-0.05, 0) is 18.4 Å². The second-order valence-corrected chi connectivity index (χ2v) is 5.43. The normalized spacial score (nSPS) is 17.2. The highest BCUT2D eigenvalue weighted by Crippen LogP contribution is 2.27. The summed E-state index contributed by atoms with van der Waals surface area (Å²) in [5.41, 5.74) is 1.13. The zero-order valence-electron chi connectivity index (χ0n) is 12.3. The summed E-state index contributed by atoms with van der Waals surface area (Å²) in [6.07, 6.45) is 2.26. The number of nitrogens with zero attached hydrogens (tertiary/aromatic N) is 3. The Kier molecular flexibility index (Phi) is 4.48. The average Bonchev–Trinajstić information content (AvgIpc) is 2.95. The first-order valence-corrected chi connectivity index (χ1v) is 7.53. The van der Waals surface area contributed by atoms with Crippen molar-refractivity contribution in [1.82, 2.24) is 14.8 Å². The van der Waals surface area contributed by atoms with Crippen molar-refractivity contribution in [2.45, 2.75) is 44.9 Å². The molecule has 0 radical (unpaired) electrons. The van der Waals surface area contributed by atoms with Crippen LogP contribution in [0, 0.1) is 0 Å². The van der Waals surface area contributed by atoms with Crippen LogP contribution in [-0.4, -0.2) is 25.8 Å². The average molecular weight is 301 g/mol. The molecular formula is C16H19N3O3. The quantitative estimate of drug-likeness (QED) is 0.886. The summed E-state index contributed by atoms with van der Waals surface area (Å²) in [6.45, 7) is 1.36. The summed E-state index contributed by atoms with van der Waals surface area (Å²) in [7, 11) is 0. The molecule has 3 rings (SSSR count). The molecule has 0 fully saturated rings.